The quantitative estimate of drug-likeness (QED) is 0.711. The topological polar surface area (TPSA) is 52.3 Å². The van der Waals surface area contributed by atoms with Crippen LogP contribution in [-0.4, -0.2) is 11.9 Å². The number of rotatable bonds is 5. The summed E-state index contributed by atoms with van der Waals surface area (Å²) in [5.74, 6) is 0.708. The molecule has 5 heteroatoms. The first kappa shape index (κ1) is 19.8. The van der Waals surface area contributed by atoms with Crippen LogP contribution in [0.1, 0.15) is 54.1 Å². The van der Waals surface area contributed by atoms with E-state index in [0.717, 1.165) is 24.2 Å². The molecule has 0 amide bonds. The second kappa shape index (κ2) is 9.23. The standard InChI is InChI=1S/C20H22ClNO2.ClH/c21-16-10-6-14(7-11-16)19(22)20(23)15-8-12-18(13-9-15)24-17-4-2-1-3-5-17;/h6-13,17,19H,1-5,22H2;1H. The number of benzene rings is 2. The average molecular weight is 380 g/mol. The zero-order chi connectivity index (χ0) is 16.9. The van der Waals surface area contributed by atoms with E-state index in [4.69, 9.17) is 22.1 Å². The van der Waals surface area contributed by atoms with Crippen LogP contribution in [-0.2, 0) is 0 Å². The first-order chi connectivity index (χ1) is 11.6. The number of Topliss-reactive ketones (excluding diaryl/α,β-unsaturated/α-hetero) is 1. The summed E-state index contributed by atoms with van der Waals surface area (Å²) in [4.78, 5) is 12.5. The van der Waals surface area contributed by atoms with E-state index in [1.807, 2.05) is 12.1 Å². The minimum atomic E-state index is -0.688. The number of carbonyl (C=O) groups is 1. The van der Waals surface area contributed by atoms with Crippen LogP contribution in [0.3, 0.4) is 0 Å². The normalized spacial score (nSPS) is 15.9. The summed E-state index contributed by atoms with van der Waals surface area (Å²) in [7, 11) is 0. The molecule has 1 aliphatic rings. The highest BCUT2D eigenvalue weighted by molar-refractivity contribution is 6.30. The van der Waals surface area contributed by atoms with Gasteiger partial charge in [0, 0.05) is 10.6 Å². The summed E-state index contributed by atoms with van der Waals surface area (Å²) in [6, 6.07) is 13.7. The lowest BCUT2D eigenvalue weighted by Crippen LogP contribution is -2.22. The highest BCUT2D eigenvalue weighted by Gasteiger charge is 2.19. The fourth-order valence-electron chi connectivity index (χ4n) is 3.07. The Morgan fingerprint density at radius 2 is 1.60 bits per heavy atom. The Labute approximate surface area is 159 Å². The third kappa shape index (κ3) is 5.21. The van der Waals surface area contributed by atoms with Gasteiger partial charge in [0.25, 0.3) is 0 Å². The van der Waals surface area contributed by atoms with Gasteiger partial charge in [-0.3, -0.25) is 4.79 Å². The molecule has 3 rings (SSSR count). The van der Waals surface area contributed by atoms with Gasteiger partial charge in [0.2, 0.25) is 0 Å². The Morgan fingerprint density at radius 3 is 2.20 bits per heavy atom. The Balaban J connectivity index is 0.00000225. The van der Waals surface area contributed by atoms with Gasteiger partial charge in [-0.2, -0.15) is 0 Å². The van der Waals surface area contributed by atoms with Crippen LogP contribution in [0, 0.1) is 0 Å². The SMILES string of the molecule is Cl.NC(C(=O)c1ccc(OC2CCCCC2)cc1)c1ccc(Cl)cc1. The lowest BCUT2D eigenvalue weighted by molar-refractivity contribution is 0.0961. The monoisotopic (exact) mass is 379 g/mol. The predicted octanol–water partition coefficient (Wildman–Crippen LogP) is 5.36. The van der Waals surface area contributed by atoms with Crippen molar-refractivity contribution in [2.24, 2.45) is 5.73 Å². The van der Waals surface area contributed by atoms with E-state index in [1.54, 1.807) is 36.4 Å². The third-order valence-electron chi connectivity index (χ3n) is 4.51. The van der Waals surface area contributed by atoms with Crippen LogP contribution in [0.25, 0.3) is 0 Å². The van der Waals surface area contributed by atoms with Crippen LogP contribution in [0.2, 0.25) is 5.02 Å². The van der Waals surface area contributed by atoms with Crippen LogP contribution < -0.4 is 10.5 Å². The lowest BCUT2D eigenvalue weighted by atomic mass is 9.97. The lowest BCUT2D eigenvalue weighted by Gasteiger charge is -2.23. The molecule has 0 aliphatic heterocycles. The van der Waals surface area contributed by atoms with Gasteiger partial charge in [0.1, 0.15) is 5.75 Å². The molecule has 0 saturated heterocycles. The molecule has 1 saturated carbocycles. The number of carbonyl (C=O) groups excluding carboxylic acids is 1. The van der Waals surface area contributed by atoms with Gasteiger partial charge in [-0.25, -0.2) is 0 Å². The number of hydrogen-bond donors (Lipinski definition) is 1. The molecular formula is C20H23Cl2NO2. The highest BCUT2D eigenvalue weighted by Crippen LogP contribution is 2.25. The number of ether oxygens (including phenoxy) is 1. The fraction of sp³-hybridized carbons (Fsp3) is 0.350. The molecule has 134 valence electrons. The Bertz CT molecular complexity index is 680. The summed E-state index contributed by atoms with van der Waals surface area (Å²) in [6.07, 6.45) is 6.30. The van der Waals surface area contributed by atoms with E-state index < -0.39 is 6.04 Å². The average Bonchev–Trinajstić information content (AvgIpc) is 2.63. The van der Waals surface area contributed by atoms with Crippen molar-refractivity contribution in [1.29, 1.82) is 0 Å². The summed E-state index contributed by atoms with van der Waals surface area (Å²) < 4.78 is 5.99. The zero-order valence-electron chi connectivity index (χ0n) is 14.0. The maximum atomic E-state index is 12.5. The number of hydrogen-bond acceptors (Lipinski definition) is 3. The second-order valence-electron chi connectivity index (χ2n) is 6.30. The summed E-state index contributed by atoms with van der Waals surface area (Å²) in [5.41, 5.74) is 7.43. The van der Waals surface area contributed by atoms with Crippen LogP contribution in [0.15, 0.2) is 48.5 Å². The molecule has 0 bridgehead atoms. The van der Waals surface area contributed by atoms with Crippen molar-refractivity contribution >= 4 is 29.8 Å². The maximum absolute atomic E-state index is 12.5. The molecular weight excluding hydrogens is 357 g/mol. The maximum Gasteiger partial charge on any atom is 0.184 e. The van der Waals surface area contributed by atoms with Crippen molar-refractivity contribution in [2.75, 3.05) is 0 Å². The van der Waals surface area contributed by atoms with Gasteiger partial charge < -0.3 is 10.5 Å². The summed E-state index contributed by atoms with van der Waals surface area (Å²) in [5, 5.41) is 0.627. The van der Waals surface area contributed by atoms with E-state index in [-0.39, 0.29) is 18.2 Å². The van der Waals surface area contributed by atoms with E-state index in [9.17, 15) is 4.79 Å². The van der Waals surface area contributed by atoms with E-state index in [2.05, 4.69) is 0 Å². The van der Waals surface area contributed by atoms with E-state index in [0.29, 0.717) is 16.7 Å². The number of halogens is 2. The summed E-state index contributed by atoms with van der Waals surface area (Å²) >= 11 is 5.87. The molecule has 2 N–H and O–H groups in total. The minimum Gasteiger partial charge on any atom is -0.490 e. The molecule has 25 heavy (non-hydrogen) atoms. The van der Waals surface area contributed by atoms with Crippen LogP contribution in [0.5, 0.6) is 5.75 Å². The van der Waals surface area contributed by atoms with Gasteiger partial charge in [0.15, 0.2) is 5.78 Å². The van der Waals surface area contributed by atoms with Gasteiger partial charge in [-0.05, 0) is 67.6 Å². The smallest absolute Gasteiger partial charge is 0.184 e. The molecule has 1 aliphatic carbocycles. The Kier molecular flexibility index (Phi) is 7.30. The molecule has 0 aromatic heterocycles. The zero-order valence-corrected chi connectivity index (χ0v) is 15.6. The molecule has 3 nitrogen and oxygen atoms in total. The van der Waals surface area contributed by atoms with Crippen molar-refractivity contribution in [3.8, 4) is 5.75 Å². The fourth-order valence-corrected chi connectivity index (χ4v) is 3.20. The van der Waals surface area contributed by atoms with Gasteiger partial charge >= 0.3 is 0 Å². The highest BCUT2D eigenvalue weighted by atomic mass is 35.5. The van der Waals surface area contributed by atoms with Crippen molar-refractivity contribution in [3.05, 3.63) is 64.7 Å². The van der Waals surface area contributed by atoms with E-state index in [1.165, 1.54) is 19.3 Å². The van der Waals surface area contributed by atoms with Gasteiger partial charge in [0.05, 0.1) is 12.1 Å². The first-order valence-electron chi connectivity index (χ1n) is 8.45. The van der Waals surface area contributed by atoms with Crippen LogP contribution in [0.4, 0.5) is 0 Å². The van der Waals surface area contributed by atoms with Gasteiger partial charge in [-0.1, -0.05) is 30.2 Å². The molecule has 0 heterocycles. The first-order valence-corrected chi connectivity index (χ1v) is 8.83. The summed E-state index contributed by atoms with van der Waals surface area (Å²) in [6.45, 7) is 0. The predicted molar refractivity (Wildman–Crippen MR) is 104 cm³/mol. The minimum absolute atomic E-state index is 0. The van der Waals surface area contributed by atoms with Crippen LogP contribution >= 0.6 is 24.0 Å². The van der Waals surface area contributed by atoms with E-state index >= 15 is 0 Å². The molecule has 2 aromatic rings. The molecule has 0 spiro atoms. The van der Waals surface area contributed by atoms with Crippen molar-refractivity contribution in [3.63, 3.8) is 0 Å². The van der Waals surface area contributed by atoms with Gasteiger partial charge in [-0.15, -0.1) is 12.4 Å². The molecule has 1 fully saturated rings. The Morgan fingerprint density at radius 1 is 1.00 bits per heavy atom. The number of nitrogens with two attached hydrogens (primary N) is 1. The third-order valence-corrected chi connectivity index (χ3v) is 4.76. The van der Waals surface area contributed by atoms with Crippen molar-refractivity contribution < 1.29 is 9.53 Å². The largest absolute Gasteiger partial charge is 0.490 e. The molecule has 2 aromatic carbocycles. The molecule has 0 radical (unpaired) electrons. The van der Waals surface area contributed by atoms with Crippen molar-refractivity contribution in [1.82, 2.24) is 0 Å². The molecule has 1 atom stereocenters. The van der Waals surface area contributed by atoms with Crippen molar-refractivity contribution in [2.45, 2.75) is 44.2 Å². The molecule has 1 unspecified atom stereocenters. The second-order valence-corrected chi connectivity index (χ2v) is 6.73. The number of ketones is 1. The Hall–Kier alpha value is -1.55.